The second-order valence-electron chi connectivity index (χ2n) is 3.83. The summed E-state index contributed by atoms with van der Waals surface area (Å²) in [4.78, 5) is 27.7. The summed E-state index contributed by atoms with van der Waals surface area (Å²) in [6.07, 6.45) is 0. The van der Waals surface area contributed by atoms with E-state index in [-0.39, 0.29) is 11.3 Å². The lowest BCUT2D eigenvalue weighted by atomic mass is 10.4. The standard InChI is InChI=1S/C12H8N2O3S3/c15-9(16)6-20-12-13-8-2-4-19-10(8)11(17)14(12)7-1-3-18-5-7/h1-5H,6H2,(H,15,16). The van der Waals surface area contributed by atoms with Gasteiger partial charge in [0.2, 0.25) is 0 Å². The maximum atomic E-state index is 12.5. The van der Waals surface area contributed by atoms with Crippen molar-refractivity contribution in [1.82, 2.24) is 9.55 Å². The molecule has 3 rings (SSSR count). The molecular weight excluding hydrogens is 316 g/mol. The Labute approximate surface area is 125 Å². The number of fused-ring (bicyclic) bond motifs is 1. The first-order valence-electron chi connectivity index (χ1n) is 5.54. The van der Waals surface area contributed by atoms with Gasteiger partial charge in [-0.3, -0.25) is 14.2 Å². The van der Waals surface area contributed by atoms with E-state index >= 15 is 0 Å². The molecule has 5 nitrogen and oxygen atoms in total. The summed E-state index contributed by atoms with van der Waals surface area (Å²) in [5.74, 6) is -1.07. The molecule has 20 heavy (non-hydrogen) atoms. The third-order valence-electron chi connectivity index (χ3n) is 2.54. The minimum absolute atomic E-state index is 0.133. The number of rotatable bonds is 4. The van der Waals surface area contributed by atoms with Gasteiger partial charge in [0.25, 0.3) is 5.56 Å². The quantitative estimate of drug-likeness (QED) is 0.590. The number of carbonyl (C=O) groups is 1. The van der Waals surface area contributed by atoms with Crippen molar-refractivity contribution in [3.05, 3.63) is 38.6 Å². The number of carboxylic acid groups (broad SMARTS) is 1. The van der Waals surface area contributed by atoms with Gasteiger partial charge in [-0.1, -0.05) is 11.8 Å². The molecule has 0 aromatic carbocycles. The third kappa shape index (κ3) is 2.37. The smallest absolute Gasteiger partial charge is 0.313 e. The molecule has 0 spiro atoms. The van der Waals surface area contributed by atoms with Crippen molar-refractivity contribution >= 4 is 50.6 Å². The monoisotopic (exact) mass is 324 g/mol. The van der Waals surface area contributed by atoms with Crippen molar-refractivity contribution in [3.63, 3.8) is 0 Å². The Kier molecular flexibility index (Phi) is 3.60. The summed E-state index contributed by atoms with van der Waals surface area (Å²) in [5.41, 5.74) is 1.17. The first-order valence-corrected chi connectivity index (χ1v) is 8.35. The zero-order chi connectivity index (χ0) is 14.1. The van der Waals surface area contributed by atoms with E-state index in [1.807, 2.05) is 22.2 Å². The van der Waals surface area contributed by atoms with Crippen LogP contribution in [-0.4, -0.2) is 26.4 Å². The molecular formula is C12H8N2O3S3. The van der Waals surface area contributed by atoms with Gasteiger partial charge >= 0.3 is 5.97 Å². The molecule has 3 heterocycles. The normalized spacial score (nSPS) is 11.0. The van der Waals surface area contributed by atoms with E-state index in [9.17, 15) is 9.59 Å². The van der Waals surface area contributed by atoms with Crippen LogP contribution in [-0.2, 0) is 4.79 Å². The number of nitrogens with zero attached hydrogens (tertiary/aromatic N) is 2. The summed E-state index contributed by atoms with van der Waals surface area (Å²) in [6.45, 7) is 0. The lowest BCUT2D eigenvalue weighted by Crippen LogP contribution is -2.20. The highest BCUT2D eigenvalue weighted by molar-refractivity contribution is 7.99. The molecule has 0 amide bonds. The van der Waals surface area contributed by atoms with Gasteiger partial charge < -0.3 is 5.11 Å². The molecule has 0 saturated carbocycles. The summed E-state index contributed by atoms with van der Waals surface area (Å²) in [5, 5.41) is 14.7. The molecule has 3 aromatic heterocycles. The number of thioether (sulfide) groups is 1. The van der Waals surface area contributed by atoms with Gasteiger partial charge in [-0.2, -0.15) is 11.3 Å². The highest BCUT2D eigenvalue weighted by Crippen LogP contribution is 2.24. The predicted molar refractivity (Wildman–Crippen MR) is 81.5 cm³/mol. The molecule has 0 saturated heterocycles. The van der Waals surface area contributed by atoms with E-state index in [1.54, 1.807) is 6.07 Å². The van der Waals surface area contributed by atoms with E-state index < -0.39 is 5.97 Å². The molecule has 0 radical (unpaired) electrons. The number of thiophene rings is 2. The second kappa shape index (κ2) is 5.39. The van der Waals surface area contributed by atoms with Crippen LogP contribution in [0.5, 0.6) is 0 Å². The van der Waals surface area contributed by atoms with Crippen molar-refractivity contribution in [2.45, 2.75) is 5.16 Å². The molecule has 8 heteroatoms. The van der Waals surface area contributed by atoms with Crippen LogP contribution in [0.15, 0.2) is 38.2 Å². The van der Waals surface area contributed by atoms with E-state index in [2.05, 4.69) is 4.98 Å². The Morgan fingerprint density at radius 2 is 2.25 bits per heavy atom. The first-order chi connectivity index (χ1) is 9.66. The fraction of sp³-hybridized carbons (Fsp3) is 0.0833. The minimum Gasteiger partial charge on any atom is -0.481 e. The van der Waals surface area contributed by atoms with E-state index in [4.69, 9.17) is 5.11 Å². The van der Waals surface area contributed by atoms with Gasteiger partial charge in [0.1, 0.15) is 4.70 Å². The van der Waals surface area contributed by atoms with Crippen LogP contribution in [0.4, 0.5) is 0 Å². The van der Waals surface area contributed by atoms with Crippen LogP contribution in [0, 0.1) is 0 Å². The summed E-state index contributed by atoms with van der Waals surface area (Å²) >= 11 is 3.86. The number of hydrogen-bond donors (Lipinski definition) is 1. The molecule has 0 aliphatic heterocycles. The Morgan fingerprint density at radius 3 is 2.95 bits per heavy atom. The van der Waals surface area contributed by atoms with E-state index in [0.717, 1.165) is 17.4 Å². The van der Waals surface area contributed by atoms with Crippen molar-refractivity contribution in [3.8, 4) is 5.69 Å². The summed E-state index contributed by atoms with van der Waals surface area (Å²) < 4.78 is 2.05. The average Bonchev–Trinajstić information content (AvgIpc) is 3.06. The van der Waals surface area contributed by atoms with Crippen molar-refractivity contribution in [1.29, 1.82) is 0 Å². The van der Waals surface area contributed by atoms with Crippen LogP contribution < -0.4 is 5.56 Å². The predicted octanol–water partition coefficient (Wildman–Crippen LogP) is 2.69. The van der Waals surface area contributed by atoms with Crippen LogP contribution in [0.2, 0.25) is 0 Å². The van der Waals surface area contributed by atoms with Gasteiger partial charge in [-0.25, -0.2) is 4.98 Å². The topological polar surface area (TPSA) is 72.2 Å². The van der Waals surface area contributed by atoms with Gasteiger partial charge in [0, 0.05) is 5.38 Å². The number of hydrogen-bond acceptors (Lipinski definition) is 6. The molecule has 3 aromatic rings. The zero-order valence-corrected chi connectivity index (χ0v) is 12.4. The average molecular weight is 324 g/mol. The lowest BCUT2D eigenvalue weighted by molar-refractivity contribution is -0.133. The SMILES string of the molecule is O=C(O)CSc1nc2ccsc2c(=O)n1-c1ccsc1. The Hall–Kier alpha value is -1.64. The number of aromatic nitrogens is 2. The van der Waals surface area contributed by atoms with Gasteiger partial charge in [-0.05, 0) is 22.9 Å². The lowest BCUT2D eigenvalue weighted by Gasteiger charge is -2.09. The van der Waals surface area contributed by atoms with Crippen LogP contribution >= 0.6 is 34.4 Å². The molecule has 0 aliphatic rings. The van der Waals surface area contributed by atoms with E-state index in [1.165, 1.54) is 27.2 Å². The Morgan fingerprint density at radius 1 is 1.40 bits per heavy atom. The van der Waals surface area contributed by atoms with Crippen molar-refractivity contribution < 1.29 is 9.90 Å². The largest absolute Gasteiger partial charge is 0.481 e. The van der Waals surface area contributed by atoms with Crippen LogP contribution in [0.25, 0.3) is 15.9 Å². The van der Waals surface area contributed by atoms with Gasteiger partial charge in [-0.15, -0.1) is 11.3 Å². The molecule has 0 atom stereocenters. The fourth-order valence-corrected chi connectivity index (χ4v) is 3.84. The molecule has 0 aliphatic carbocycles. The highest BCUT2D eigenvalue weighted by atomic mass is 32.2. The van der Waals surface area contributed by atoms with Crippen molar-refractivity contribution in [2.75, 3.05) is 5.75 Å². The molecule has 0 fully saturated rings. The van der Waals surface area contributed by atoms with Crippen LogP contribution in [0.1, 0.15) is 0 Å². The fourth-order valence-electron chi connectivity index (χ4n) is 1.73. The number of carboxylic acids is 1. The van der Waals surface area contributed by atoms with Gasteiger partial charge in [0.05, 0.1) is 17.0 Å². The zero-order valence-electron chi connectivity index (χ0n) is 9.98. The molecule has 0 unspecified atom stereocenters. The molecule has 102 valence electrons. The molecule has 1 N–H and O–H groups in total. The first kappa shape index (κ1) is 13.3. The van der Waals surface area contributed by atoms with Crippen LogP contribution in [0.3, 0.4) is 0 Å². The Bertz CT molecular complexity index is 820. The Balaban J connectivity index is 2.22. The minimum atomic E-state index is -0.938. The van der Waals surface area contributed by atoms with Crippen molar-refractivity contribution in [2.24, 2.45) is 0 Å². The summed E-state index contributed by atoms with van der Waals surface area (Å²) in [6, 6.07) is 3.59. The summed E-state index contributed by atoms with van der Waals surface area (Å²) in [7, 11) is 0. The number of aliphatic carboxylic acids is 1. The maximum absolute atomic E-state index is 12.5. The second-order valence-corrected chi connectivity index (χ2v) is 6.47. The highest BCUT2D eigenvalue weighted by Gasteiger charge is 2.15. The van der Waals surface area contributed by atoms with Gasteiger partial charge in [0.15, 0.2) is 5.16 Å². The third-order valence-corrected chi connectivity index (χ3v) is 5.02. The maximum Gasteiger partial charge on any atom is 0.313 e. The van der Waals surface area contributed by atoms with E-state index in [0.29, 0.717) is 15.4 Å². The molecule has 0 bridgehead atoms.